The molecule has 4 rings (SSSR count). The third kappa shape index (κ3) is 4.60. The Balaban J connectivity index is 1.30. The Hall–Kier alpha value is -2.42. The van der Waals surface area contributed by atoms with E-state index in [1.54, 1.807) is 7.11 Å². The quantitative estimate of drug-likeness (QED) is 0.761. The molecule has 0 bridgehead atoms. The molecule has 158 valence electrons. The average molecular weight is 407 g/mol. The van der Waals surface area contributed by atoms with E-state index in [0.717, 1.165) is 44.0 Å². The number of fused-ring (bicyclic) bond motifs is 1. The van der Waals surface area contributed by atoms with Crippen molar-refractivity contribution >= 4 is 5.95 Å². The van der Waals surface area contributed by atoms with Crippen LogP contribution in [0.15, 0.2) is 30.6 Å². The SMILES string of the molecule is COc1ccc(OCCN2CCCC([C@@H]3C[C@H](C(F)F)n4ncnc4N3)C2)cc1. The molecule has 1 saturated heterocycles. The number of hydrogen-bond donors (Lipinski definition) is 1. The highest BCUT2D eigenvalue weighted by Crippen LogP contribution is 2.34. The Labute approximate surface area is 169 Å². The van der Waals surface area contributed by atoms with E-state index in [1.165, 1.54) is 11.0 Å². The maximum absolute atomic E-state index is 13.5. The normalized spacial score (nSPS) is 24.8. The molecule has 7 nitrogen and oxygen atoms in total. The Morgan fingerprint density at radius 3 is 2.79 bits per heavy atom. The summed E-state index contributed by atoms with van der Waals surface area (Å²) in [4.78, 5) is 6.47. The Kier molecular flexibility index (Phi) is 6.13. The van der Waals surface area contributed by atoms with Crippen LogP contribution in [0.2, 0.25) is 0 Å². The van der Waals surface area contributed by atoms with Gasteiger partial charge in [0.25, 0.3) is 6.43 Å². The molecule has 0 amide bonds. The van der Waals surface area contributed by atoms with Gasteiger partial charge in [0.1, 0.15) is 30.5 Å². The lowest BCUT2D eigenvalue weighted by Crippen LogP contribution is -2.47. The number of piperidine rings is 1. The van der Waals surface area contributed by atoms with Crippen molar-refractivity contribution in [3.63, 3.8) is 0 Å². The first-order valence-electron chi connectivity index (χ1n) is 10.1. The number of alkyl halides is 2. The van der Waals surface area contributed by atoms with Gasteiger partial charge >= 0.3 is 0 Å². The van der Waals surface area contributed by atoms with E-state index < -0.39 is 12.5 Å². The van der Waals surface area contributed by atoms with Gasteiger partial charge in [0.15, 0.2) is 0 Å². The Bertz CT molecular complexity index is 785. The van der Waals surface area contributed by atoms with Gasteiger partial charge in [0.2, 0.25) is 5.95 Å². The van der Waals surface area contributed by atoms with Crippen LogP contribution in [0.25, 0.3) is 0 Å². The summed E-state index contributed by atoms with van der Waals surface area (Å²) in [6, 6.07) is 6.61. The van der Waals surface area contributed by atoms with Crippen LogP contribution in [0, 0.1) is 5.92 Å². The van der Waals surface area contributed by atoms with Crippen molar-refractivity contribution in [1.82, 2.24) is 19.7 Å². The van der Waals surface area contributed by atoms with Gasteiger partial charge in [0.05, 0.1) is 7.11 Å². The van der Waals surface area contributed by atoms with Crippen molar-refractivity contribution in [2.75, 3.05) is 38.7 Å². The second-order valence-corrected chi connectivity index (χ2v) is 7.64. The first-order chi connectivity index (χ1) is 14.1. The summed E-state index contributed by atoms with van der Waals surface area (Å²) in [5.74, 6) is 2.37. The molecule has 1 unspecified atom stereocenters. The van der Waals surface area contributed by atoms with Gasteiger partial charge in [-0.1, -0.05) is 0 Å². The second-order valence-electron chi connectivity index (χ2n) is 7.64. The van der Waals surface area contributed by atoms with Crippen LogP contribution < -0.4 is 14.8 Å². The number of rotatable bonds is 7. The topological polar surface area (TPSA) is 64.4 Å². The summed E-state index contributed by atoms with van der Waals surface area (Å²) in [5, 5.41) is 7.29. The molecule has 2 aliphatic heterocycles. The van der Waals surface area contributed by atoms with E-state index in [2.05, 4.69) is 20.3 Å². The molecular formula is C20H27F2N5O2. The summed E-state index contributed by atoms with van der Waals surface area (Å²) in [6.45, 7) is 3.27. The number of benzene rings is 1. The predicted octanol–water partition coefficient (Wildman–Crippen LogP) is 3.07. The van der Waals surface area contributed by atoms with Gasteiger partial charge in [-0.2, -0.15) is 10.1 Å². The summed E-state index contributed by atoms with van der Waals surface area (Å²) in [7, 11) is 1.64. The number of halogens is 2. The molecule has 9 heteroatoms. The highest BCUT2D eigenvalue weighted by molar-refractivity contribution is 5.31. The smallest absolute Gasteiger partial charge is 0.260 e. The first-order valence-corrected chi connectivity index (χ1v) is 10.1. The molecular weight excluding hydrogens is 380 g/mol. The lowest BCUT2D eigenvalue weighted by atomic mass is 9.86. The number of aromatic nitrogens is 3. The third-order valence-electron chi connectivity index (χ3n) is 5.83. The van der Waals surface area contributed by atoms with Crippen molar-refractivity contribution < 1.29 is 18.3 Å². The minimum atomic E-state index is -2.45. The minimum Gasteiger partial charge on any atom is -0.497 e. The molecule has 29 heavy (non-hydrogen) atoms. The van der Waals surface area contributed by atoms with E-state index in [0.29, 0.717) is 24.9 Å². The van der Waals surface area contributed by atoms with Gasteiger partial charge < -0.3 is 14.8 Å². The van der Waals surface area contributed by atoms with Gasteiger partial charge in [-0.15, -0.1) is 0 Å². The number of methoxy groups -OCH3 is 1. The average Bonchev–Trinajstić information content (AvgIpc) is 3.22. The fraction of sp³-hybridized carbons (Fsp3) is 0.600. The highest BCUT2D eigenvalue weighted by Gasteiger charge is 2.38. The molecule has 0 saturated carbocycles. The molecule has 1 fully saturated rings. The second kappa shape index (κ2) is 8.94. The number of ether oxygens (including phenoxy) is 2. The zero-order valence-electron chi connectivity index (χ0n) is 16.5. The van der Waals surface area contributed by atoms with Gasteiger partial charge in [-0.3, -0.25) is 4.90 Å². The maximum Gasteiger partial charge on any atom is 0.260 e. The van der Waals surface area contributed by atoms with E-state index in [4.69, 9.17) is 9.47 Å². The van der Waals surface area contributed by atoms with Crippen molar-refractivity contribution in [3.8, 4) is 11.5 Å². The first kappa shape index (κ1) is 19.9. The standard InChI is InChI=1S/C20H27F2N5O2/c1-28-15-4-6-16(7-5-15)29-10-9-26-8-2-3-14(12-26)17-11-18(19(21)22)27-20(25-17)23-13-24-27/h4-7,13-14,17-19H,2-3,8-12H2,1H3,(H,23,24,25)/t14?,17-,18+/m0/s1. The van der Waals surface area contributed by atoms with Crippen LogP contribution >= 0.6 is 0 Å². The molecule has 0 radical (unpaired) electrons. The Morgan fingerprint density at radius 1 is 1.24 bits per heavy atom. The van der Waals surface area contributed by atoms with Crippen LogP contribution in [-0.2, 0) is 0 Å². The number of nitrogens with one attached hydrogen (secondary N) is 1. The lowest BCUT2D eigenvalue weighted by molar-refractivity contribution is 0.0546. The molecule has 1 N–H and O–H groups in total. The maximum atomic E-state index is 13.5. The van der Waals surface area contributed by atoms with Crippen molar-refractivity contribution in [1.29, 1.82) is 0 Å². The molecule has 3 atom stereocenters. The minimum absolute atomic E-state index is 0.0176. The van der Waals surface area contributed by atoms with Gasteiger partial charge in [0, 0.05) is 19.1 Å². The van der Waals surface area contributed by atoms with E-state index in [-0.39, 0.29) is 6.04 Å². The summed E-state index contributed by atoms with van der Waals surface area (Å²) in [6.07, 6.45) is 1.34. The highest BCUT2D eigenvalue weighted by atomic mass is 19.3. The molecule has 2 aromatic rings. The number of hydrogen-bond acceptors (Lipinski definition) is 6. The third-order valence-corrected chi connectivity index (χ3v) is 5.83. The summed E-state index contributed by atoms with van der Waals surface area (Å²) in [5.41, 5.74) is 0. The van der Waals surface area contributed by atoms with Crippen molar-refractivity contribution in [2.45, 2.75) is 37.8 Å². The van der Waals surface area contributed by atoms with Crippen LogP contribution in [0.3, 0.4) is 0 Å². The van der Waals surface area contributed by atoms with Crippen molar-refractivity contribution in [3.05, 3.63) is 30.6 Å². The Morgan fingerprint density at radius 2 is 2.03 bits per heavy atom. The monoisotopic (exact) mass is 407 g/mol. The molecule has 3 heterocycles. The van der Waals surface area contributed by atoms with E-state index in [1.807, 2.05) is 24.3 Å². The zero-order valence-corrected chi connectivity index (χ0v) is 16.5. The zero-order chi connectivity index (χ0) is 20.2. The van der Waals surface area contributed by atoms with E-state index in [9.17, 15) is 8.78 Å². The van der Waals surface area contributed by atoms with Crippen LogP contribution in [0.4, 0.5) is 14.7 Å². The fourth-order valence-corrected chi connectivity index (χ4v) is 4.29. The lowest BCUT2D eigenvalue weighted by Gasteiger charge is -2.40. The predicted molar refractivity (Wildman–Crippen MR) is 105 cm³/mol. The number of likely N-dealkylation sites (tertiary alicyclic amines) is 1. The van der Waals surface area contributed by atoms with Crippen molar-refractivity contribution in [2.24, 2.45) is 5.92 Å². The van der Waals surface area contributed by atoms with Gasteiger partial charge in [-0.25, -0.2) is 13.5 Å². The van der Waals surface area contributed by atoms with Gasteiger partial charge in [-0.05, 0) is 56.0 Å². The largest absolute Gasteiger partial charge is 0.497 e. The summed E-state index contributed by atoms with van der Waals surface area (Å²) >= 11 is 0. The molecule has 1 aromatic heterocycles. The van der Waals surface area contributed by atoms with Crippen LogP contribution in [0.5, 0.6) is 11.5 Å². The molecule has 0 spiro atoms. The molecule has 1 aromatic carbocycles. The molecule has 2 aliphatic rings. The summed E-state index contributed by atoms with van der Waals surface area (Å²) < 4.78 is 39.4. The number of anilines is 1. The fourth-order valence-electron chi connectivity index (χ4n) is 4.29. The van der Waals surface area contributed by atoms with Crippen LogP contribution in [0.1, 0.15) is 25.3 Å². The molecule has 0 aliphatic carbocycles. The number of nitrogens with zero attached hydrogens (tertiary/aromatic N) is 4. The van der Waals surface area contributed by atoms with Crippen LogP contribution in [-0.4, -0.2) is 65.5 Å². The van der Waals surface area contributed by atoms with E-state index >= 15 is 0 Å².